The van der Waals surface area contributed by atoms with Crippen molar-refractivity contribution in [3.8, 4) is 5.75 Å². The number of hydrogen-bond donors (Lipinski definition) is 1. The van der Waals surface area contributed by atoms with Crippen molar-refractivity contribution >= 4 is 65.4 Å². The molecule has 0 bridgehead atoms. The van der Waals surface area contributed by atoms with Crippen LogP contribution in [0.3, 0.4) is 0 Å². The van der Waals surface area contributed by atoms with Crippen LogP contribution in [0.4, 0.5) is 0 Å². The third kappa shape index (κ3) is 4.06. The van der Waals surface area contributed by atoms with Gasteiger partial charge < -0.3 is 18.7 Å². The molecule has 4 nitrogen and oxygen atoms in total. The standard InChI is InChI=1S/C46H26O4.2C2H6/c47-45(28-19-22-38-31(23-28)43-29-11-3-1-9-26(29)17-20-39(43)48-38)33-13-5-7-15-35(33)46(36-16-8-6-14-34(36)45)37-24-32-41(25-42(37)50-46)49-40-21-18-27-10-2-4-12-30(27)44(32)40;2*1-2/h1-25,47H;2*1-2H3. The Bertz CT molecular complexity index is 3010. The summed E-state index contributed by atoms with van der Waals surface area (Å²) in [6.45, 7) is 8.00. The second-order valence-corrected chi connectivity index (χ2v) is 13.7. The third-order valence-corrected chi connectivity index (χ3v) is 11.3. The zero-order valence-corrected chi connectivity index (χ0v) is 30.6. The Labute approximate surface area is 312 Å². The van der Waals surface area contributed by atoms with E-state index in [2.05, 4.69) is 91.0 Å². The molecule has 1 aliphatic carbocycles. The minimum atomic E-state index is -1.46. The Hall–Kier alpha value is -6.36. The van der Waals surface area contributed by atoms with E-state index in [9.17, 15) is 5.11 Å². The monoisotopic (exact) mass is 702 g/mol. The van der Waals surface area contributed by atoms with Gasteiger partial charge in [0, 0.05) is 55.4 Å². The molecule has 262 valence electrons. The van der Waals surface area contributed by atoms with E-state index in [4.69, 9.17) is 13.6 Å². The van der Waals surface area contributed by atoms with Crippen LogP contribution in [0.5, 0.6) is 5.75 Å². The molecule has 1 aliphatic heterocycles. The van der Waals surface area contributed by atoms with E-state index in [1.807, 2.05) is 88.4 Å². The average molecular weight is 703 g/mol. The Morgan fingerprint density at radius 3 is 1.48 bits per heavy atom. The maximum absolute atomic E-state index is 13.3. The van der Waals surface area contributed by atoms with Gasteiger partial charge in [0.2, 0.25) is 0 Å². The van der Waals surface area contributed by atoms with Gasteiger partial charge >= 0.3 is 0 Å². The van der Waals surface area contributed by atoms with Crippen molar-refractivity contribution in [2.24, 2.45) is 0 Å². The predicted molar refractivity (Wildman–Crippen MR) is 221 cm³/mol. The van der Waals surface area contributed by atoms with Crippen LogP contribution in [-0.4, -0.2) is 5.11 Å². The molecule has 0 unspecified atom stereocenters. The van der Waals surface area contributed by atoms with E-state index < -0.39 is 11.2 Å². The van der Waals surface area contributed by atoms with Gasteiger partial charge in [0.15, 0.2) is 5.60 Å². The van der Waals surface area contributed by atoms with Crippen LogP contribution in [0, 0.1) is 0 Å². The fraction of sp³-hybridized carbons (Fsp3) is 0.120. The first-order valence-corrected chi connectivity index (χ1v) is 19.0. The first-order valence-electron chi connectivity index (χ1n) is 19.0. The van der Waals surface area contributed by atoms with Crippen LogP contribution in [0.1, 0.15) is 61.1 Å². The molecule has 54 heavy (non-hydrogen) atoms. The maximum Gasteiger partial charge on any atom is 0.189 e. The van der Waals surface area contributed by atoms with Gasteiger partial charge in [0.05, 0.1) is 0 Å². The summed E-state index contributed by atoms with van der Waals surface area (Å²) in [5.41, 5.74) is 6.19. The summed E-state index contributed by atoms with van der Waals surface area (Å²) in [4.78, 5) is 0. The highest BCUT2D eigenvalue weighted by atomic mass is 16.5. The molecule has 4 heteroatoms. The van der Waals surface area contributed by atoms with Crippen molar-refractivity contribution in [1.29, 1.82) is 0 Å². The van der Waals surface area contributed by atoms with Gasteiger partial charge in [-0.15, -0.1) is 0 Å². The highest BCUT2D eigenvalue weighted by Gasteiger charge is 2.58. The summed E-state index contributed by atoms with van der Waals surface area (Å²) in [6.07, 6.45) is 0. The molecular weight excluding hydrogens is 665 g/mol. The Morgan fingerprint density at radius 2 is 0.889 bits per heavy atom. The fourth-order valence-electron chi connectivity index (χ4n) is 9.09. The lowest BCUT2D eigenvalue weighted by atomic mass is 9.61. The molecule has 2 aromatic heterocycles. The summed E-state index contributed by atoms with van der Waals surface area (Å²) < 4.78 is 19.7. The molecule has 0 fully saturated rings. The zero-order valence-electron chi connectivity index (χ0n) is 30.6. The van der Waals surface area contributed by atoms with Crippen molar-refractivity contribution in [2.75, 3.05) is 0 Å². The highest BCUT2D eigenvalue weighted by molar-refractivity contribution is 6.20. The number of rotatable bonds is 1. The van der Waals surface area contributed by atoms with E-state index in [-0.39, 0.29) is 0 Å². The summed E-state index contributed by atoms with van der Waals surface area (Å²) >= 11 is 0. The molecule has 1 N–H and O–H groups in total. The fourth-order valence-corrected chi connectivity index (χ4v) is 9.09. The molecule has 0 amide bonds. The summed E-state index contributed by atoms with van der Waals surface area (Å²) in [6, 6.07) is 51.9. The van der Waals surface area contributed by atoms with Crippen LogP contribution in [0.25, 0.3) is 65.4 Å². The van der Waals surface area contributed by atoms with Gasteiger partial charge in [0.1, 0.15) is 33.7 Å². The number of aliphatic hydroxyl groups is 1. The van der Waals surface area contributed by atoms with E-state index in [0.29, 0.717) is 0 Å². The normalized spacial score (nSPS) is 18.0. The lowest BCUT2D eigenvalue weighted by Crippen LogP contribution is -2.51. The van der Waals surface area contributed by atoms with Gasteiger partial charge in [-0.25, -0.2) is 0 Å². The number of fused-ring (bicyclic) bond motifs is 16. The SMILES string of the molecule is CC.CC.OC1(c2ccc3oc4ccc5ccccc5c4c3c2)c2ccccc2C2(Oc3cc4oc5ccc6ccccc6c5c4cc32)c2ccccc21. The van der Waals surface area contributed by atoms with E-state index >= 15 is 0 Å². The third-order valence-electron chi connectivity index (χ3n) is 11.3. The number of furan rings is 2. The minimum Gasteiger partial charge on any atom is -0.472 e. The van der Waals surface area contributed by atoms with Gasteiger partial charge in [-0.2, -0.15) is 0 Å². The Morgan fingerprint density at radius 1 is 0.407 bits per heavy atom. The van der Waals surface area contributed by atoms with Crippen LogP contribution in [0.15, 0.2) is 160 Å². The van der Waals surface area contributed by atoms with Crippen molar-refractivity contribution in [1.82, 2.24) is 0 Å². The number of benzene rings is 8. The van der Waals surface area contributed by atoms with Gasteiger partial charge in [0.25, 0.3) is 0 Å². The van der Waals surface area contributed by atoms with Crippen molar-refractivity contribution in [3.05, 3.63) is 185 Å². The lowest BCUT2D eigenvalue weighted by molar-refractivity contribution is 0.0599. The molecule has 12 rings (SSSR count). The second kappa shape index (κ2) is 11.8. The lowest BCUT2D eigenvalue weighted by Gasteiger charge is -2.52. The molecule has 0 saturated carbocycles. The van der Waals surface area contributed by atoms with Crippen LogP contribution < -0.4 is 4.74 Å². The maximum atomic E-state index is 13.3. The van der Waals surface area contributed by atoms with E-state index in [0.717, 1.165) is 99.2 Å². The molecule has 0 atom stereocenters. The summed E-state index contributed by atoms with van der Waals surface area (Å²) in [7, 11) is 0. The first-order chi connectivity index (χ1) is 26.6. The summed E-state index contributed by atoms with van der Waals surface area (Å²) in [5.74, 6) is 0.786. The smallest absolute Gasteiger partial charge is 0.189 e. The van der Waals surface area contributed by atoms with Gasteiger partial charge in [-0.05, 0) is 57.4 Å². The molecule has 0 saturated heterocycles. The summed E-state index contributed by atoms with van der Waals surface area (Å²) in [5, 5.41) is 22.1. The molecule has 2 aliphatic rings. The van der Waals surface area contributed by atoms with Crippen LogP contribution in [-0.2, 0) is 11.2 Å². The van der Waals surface area contributed by atoms with Crippen molar-refractivity contribution < 1.29 is 18.7 Å². The molecule has 1 spiro atoms. The molecule has 3 heterocycles. The number of ether oxygens (including phenoxy) is 1. The second-order valence-electron chi connectivity index (χ2n) is 13.7. The largest absolute Gasteiger partial charge is 0.472 e. The topological polar surface area (TPSA) is 55.7 Å². The van der Waals surface area contributed by atoms with Crippen LogP contribution >= 0.6 is 0 Å². The van der Waals surface area contributed by atoms with E-state index in [1.165, 1.54) is 5.39 Å². The minimum absolute atomic E-state index is 0.776. The number of hydrogen-bond acceptors (Lipinski definition) is 4. The highest BCUT2D eigenvalue weighted by Crippen LogP contribution is 2.61. The quantitative estimate of drug-likeness (QED) is 0.185. The molecule has 0 radical (unpaired) electrons. The molecule has 8 aromatic carbocycles. The van der Waals surface area contributed by atoms with Crippen molar-refractivity contribution in [3.63, 3.8) is 0 Å². The van der Waals surface area contributed by atoms with Crippen LogP contribution in [0.2, 0.25) is 0 Å². The average Bonchev–Trinajstić information content (AvgIpc) is 3.81. The zero-order chi connectivity index (χ0) is 36.8. The Balaban J connectivity index is 0.000000876. The first kappa shape index (κ1) is 32.3. The van der Waals surface area contributed by atoms with Gasteiger partial charge in [-0.1, -0.05) is 143 Å². The van der Waals surface area contributed by atoms with Gasteiger partial charge in [-0.3, -0.25) is 0 Å². The predicted octanol–water partition coefficient (Wildman–Crippen LogP) is 13.1. The molecular formula is C50H38O4. The van der Waals surface area contributed by atoms with Crippen molar-refractivity contribution in [2.45, 2.75) is 38.9 Å². The molecule has 10 aromatic rings. The Kier molecular flexibility index (Phi) is 7.07. The van der Waals surface area contributed by atoms with E-state index in [1.54, 1.807) is 0 Å².